The van der Waals surface area contributed by atoms with E-state index in [-0.39, 0.29) is 45.1 Å². The van der Waals surface area contributed by atoms with E-state index in [0.717, 1.165) is 51.9 Å². The highest BCUT2D eigenvalue weighted by molar-refractivity contribution is 7.89. The van der Waals surface area contributed by atoms with E-state index in [1.165, 1.54) is 22.0 Å². The lowest BCUT2D eigenvalue weighted by molar-refractivity contribution is -0.129. The van der Waals surface area contributed by atoms with E-state index < -0.39 is 16.1 Å². The van der Waals surface area contributed by atoms with Gasteiger partial charge in [-0.25, -0.2) is 8.42 Å². The summed E-state index contributed by atoms with van der Waals surface area (Å²) in [5, 5.41) is 3.39. The van der Waals surface area contributed by atoms with Crippen LogP contribution in [0.25, 0.3) is 0 Å². The molecule has 3 fully saturated rings. The van der Waals surface area contributed by atoms with Crippen LogP contribution >= 0.6 is 34.8 Å². The second-order valence-electron chi connectivity index (χ2n) is 12.0. The number of carbonyl (C=O) groups excluding carboxylic acids is 1. The number of amides is 1. The number of carbonyl (C=O) groups is 1. The molecule has 1 N–H and O–H groups in total. The molecule has 0 aromatic heterocycles. The van der Waals surface area contributed by atoms with Gasteiger partial charge in [0.1, 0.15) is 11.5 Å². The minimum Gasteiger partial charge on any atom is -0.367 e. The van der Waals surface area contributed by atoms with Gasteiger partial charge < -0.3 is 15.0 Å². The number of hydrogen-bond acceptors (Lipinski definition) is 6. The third-order valence-corrected chi connectivity index (χ3v) is 12.0. The van der Waals surface area contributed by atoms with E-state index in [9.17, 15) is 13.2 Å². The fraction of sp³-hybridized carbons (Fsp3) is 0.581. The lowest BCUT2D eigenvalue weighted by Gasteiger charge is -2.44. The Bertz CT molecular complexity index is 1330. The van der Waals surface area contributed by atoms with Crippen molar-refractivity contribution in [2.45, 2.75) is 61.6 Å². The molecule has 12 heteroatoms. The molecule has 2 atom stereocenters. The van der Waals surface area contributed by atoms with Crippen molar-refractivity contribution in [1.29, 1.82) is 0 Å². The zero-order valence-electron chi connectivity index (χ0n) is 24.6. The smallest absolute Gasteiger partial charge is 0.246 e. The minimum atomic E-state index is -3.95. The molecule has 0 spiro atoms. The average Bonchev–Trinajstić information content (AvgIpc) is 2.98. The molecule has 0 bridgehead atoms. The highest BCUT2D eigenvalue weighted by Crippen LogP contribution is 2.39. The van der Waals surface area contributed by atoms with Gasteiger partial charge in [0.2, 0.25) is 15.9 Å². The molecule has 5 rings (SSSR count). The van der Waals surface area contributed by atoms with Crippen LogP contribution in [0.1, 0.15) is 50.1 Å². The van der Waals surface area contributed by atoms with Gasteiger partial charge in [-0.2, -0.15) is 4.31 Å². The first-order valence-corrected chi connectivity index (χ1v) is 17.7. The summed E-state index contributed by atoms with van der Waals surface area (Å²) in [5.41, 5.74) is 1.39. The van der Waals surface area contributed by atoms with Crippen molar-refractivity contribution >= 4 is 50.7 Å². The third kappa shape index (κ3) is 8.24. The second kappa shape index (κ2) is 14.8. The van der Waals surface area contributed by atoms with Gasteiger partial charge in [-0.05, 0) is 69.2 Å². The van der Waals surface area contributed by atoms with E-state index in [2.05, 4.69) is 52.5 Å². The molecule has 8 nitrogen and oxygen atoms in total. The van der Waals surface area contributed by atoms with Gasteiger partial charge in [-0.15, -0.1) is 0 Å². The maximum atomic E-state index is 13.3. The van der Waals surface area contributed by atoms with Crippen molar-refractivity contribution in [2.75, 3.05) is 52.9 Å². The van der Waals surface area contributed by atoms with Crippen LogP contribution < -0.4 is 5.32 Å². The predicted molar refractivity (Wildman–Crippen MR) is 171 cm³/mol. The number of hydrogen-bond donors (Lipinski definition) is 1. The van der Waals surface area contributed by atoms with Crippen LogP contribution in [0, 0.1) is 5.92 Å². The third-order valence-electron chi connectivity index (χ3n) is 9.01. The van der Waals surface area contributed by atoms with E-state index in [4.69, 9.17) is 39.5 Å². The Hall–Kier alpha value is -1.43. The predicted octanol–water partition coefficient (Wildman–Crippen LogP) is 5.48. The summed E-state index contributed by atoms with van der Waals surface area (Å²) < 4.78 is 33.9. The van der Waals surface area contributed by atoms with Crippen molar-refractivity contribution in [2.24, 2.45) is 5.92 Å². The van der Waals surface area contributed by atoms with Crippen LogP contribution in [0.15, 0.2) is 47.4 Å². The number of likely N-dealkylation sites (N-methyl/N-ethyl adjacent to an activating group) is 1. The summed E-state index contributed by atoms with van der Waals surface area (Å²) in [6.07, 6.45) is 4.86. The summed E-state index contributed by atoms with van der Waals surface area (Å²) in [5.74, 6) is 0.388. The summed E-state index contributed by atoms with van der Waals surface area (Å²) in [7, 11) is -1.77. The van der Waals surface area contributed by atoms with E-state index in [0.29, 0.717) is 31.3 Å². The van der Waals surface area contributed by atoms with Crippen LogP contribution in [0.5, 0.6) is 0 Å². The van der Waals surface area contributed by atoms with Gasteiger partial charge in [0.15, 0.2) is 0 Å². The van der Waals surface area contributed by atoms with Gasteiger partial charge in [-0.1, -0.05) is 65.1 Å². The number of piperazine rings is 1. The van der Waals surface area contributed by atoms with Crippen molar-refractivity contribution in [1.82, 2.24) is 19.4 Å². The highest BCUT2D eigenvalue weighted by atomic mass is 35.5. The molecule has 1 amide bonds. The van der Waals surface area contributed by atoms with Gasteiger partial charge in [0, 0.05) is 56.4 Å². The van der Waals surface area contributed by atoms with Crippen LogP contribution in [-0.2, 0) is 19.6 Å². The average molecular weight is 672 g/mol. The molecule has 2 saturated heterocycles. The van der Waals surface area contributed by atoms with Crippen molar-refractivity contribution in [3.05, 3.63) is 63.1 Å². The molecular formula is C31H41Cl3N4O4S. The fourth-order valence-electron chi connectivity index (χ4n) is 6.74. The molecular weight excluding hydrogens is 631 g/mol. The van der Waals surface area contributed by atoms with E-state index in [1.807, 2.05) is 0 Å². The van der Waals surface area contributed by atoms with Crippen LogP contribution in [0.2, 0.25) is 15.1 Å². The molecule has 2 aromatic carbocycles. The number of halogens is 3. The summed E-state index contributed by atoms with van der Waals surface area (Å²) in [4.78, 5) is 17.7. The Morgan fingerprint density at radius 1 is 0.953 bits per heavy atom. The number of ether oxygens (including phenoxy) is 1. The molecule has 43 heavy (non-hydrogen) atoms. The zero-order valence-corrected chi connectivity index (χ0v) is 27.6. The van der Waals surface area contributed by atoms with E-state index in [1.54, 1.807) is 0 Å². The normalized spacial score (nSPS) is 25.3. The fourth-order valence-corrected chi connectivity index (χ4v) is 9.74. The molecule has 1 saturated carbocycles. The quantitative estimate of drug-likeness (QED) is 0.381. The number of piperidine rings is 1. The van der Waals surface area contributed by atoms with Gasteiger partial charge in [0.05, 0.1) is 16.1 Å². The Morgan fingerprint density at radius 2 is 1.60 bits per heavy atom. The van der Waals surface area contributed by atoms with Gasteiger partial charge in [-0.3, -0.25) is 9.69 Å². The number of nitrogens with one attached hydrogen (secondary N) is 1. The van der Waals surface area contributed by atoms with Gasteiger partial charge >= 0.3 is 0 Å². The maximum absolute atomic E-state index is 13.3. The van der Waals surface area contributed by atoms with Crippen molar-refractivity contribution in [3.63, 3.8) is 0 Å². The lowest BCUT2D eigenvalue weighted by Crippen LogP contribution is -2.49. The summed E-state index contributed by atoms with van der Waals surface area (Å²) in [6.45, 7) is 4.67. The minimum absolute atomic E-state index is 0.0201. The first-order chi connectivity index (χ1) is 20.6. The lowest BCUT2D eigenvalue weighted by atomic mass is 9.78. The standard InChI is InChI=1S/C31H41Cl3N4O4S/c1-36-14-16-37(17-15-36)30(22-6-3-2-4-7-22)23-9-11-25(12-10-23)35-29(39)21-42-26-8-5-13-38(20-26)43(40,41)31-27(33)18-24(32)19-28(31)34/h2-4,6-7,18-19,23,25-26,30H,5,8-17,20-21H2,1H3,(H,35,39). The summed E-state index contributed by atoms with van der Waals surface area (Å²) in [6, 6.07) is 14.1. The number of rotatable bonds is 9. The van der Waals surface area contributed by atoms with Crippen LogP contribution in [0.3, 0.4) is 0 Å². The number of nitrogens with zero attached hydrogens (tertiary/aromatic N) is 3. The Morgan fingerprint density at radius 3 is 2.26 bits per heavy atom. The monoisotopic (exact) mass is 670 g/mol. The first-order valence-electron chi connectivity index (χ1n) is 15.1. The Balaban J connectivity index is 1.11. The maximum Gasteiger partial charge on any atom is 0.246 e. The topological polar surface area (TPSA) is 82.2 Å². The molecule has 0 radical (unpaired) electrons. The molecule has 2 aromatic rings. The highest BCUT2D eigenvalue weighted by Gasteiger charge is 2.36. The molecule has 1 aliphatic carbocycles. The second-order valence-corrected chi connectivity index (χ2v) is 15.1. The number of benzene rings is 2. The molecule has 2 heterocycles. The SMILES string of the molecule is CN1CCN(C(c2ccccc2)C2CCC(NC(=O)COC3CCCN(S(=O)(=O)c4c(Cl)cc(Cl)cc4Cl)C3)CC2)CC1. The van der Waals surface area contributed by atoms with Crippen molar-refractivity contribution < 1.29 is 17.9 Å². The summed E-state index contributed by atoms with van der Waals surface area (Å²) >= 11 is 18.4. The molecule has 3 aliphatic rings. The molecule has 2 unspecified atom stereocenters. The van der Waals surface area contributed by atoms with Crippen LogP contribution in [0.4, 0.5) is 0 Å². The Kier molecular flexibility index (Phi) is 11.3. The number of sulfonamides is 1. The van der Waals surface area contributed by atoms with Gasteiger partial charge in [0.25, 0.3) is 0 Å². The zero-order chi connectivity index (χ0) is 30.6. The Labute approximate surface area is 270 Å². The largest absolute Gasteiger partial charge is 0.367 e. The molecule has 236 valence electrons. The molecule has 2 aliphatic heterocycles. The van der Waals surface area contributed by atoms with Crippen LogP contribution in [-0.4, -0.2) is 93.5 Å². The van der Waals surface area contributed by atoms with Crippen molar-refractivity contribution in [3.8, 4) is 0 Å². The first kappa shape index (κ1) is 32.9. The van der Waals surface area contributed by atoms with E-state index >= 15 is 0 Å².